The third kappa shape index (κ3) is 2.82. The SMILES string of the molecule is Cc1cc(Oc2ccc(N)c(C(N)=O)c2)ccc1F. The lowest BCUT2D eigenvalue weighted by molar-refractivity contribution is 0.100. The second-order valence-electron chi connectivity index (χ2n) is 4.13. The van der Waals surface area contributed by atoms with Crippen LogP contribution in [0.3, 0.4) is 0 Å². The van der Waals surface area contributed by atoms with Crippen molar-refractivity contribution >= 4 is 11.6 Å². The lowest BCUT2D eigenvalue weighted by Crippen LogP contribution is -2.13. The predicted molar refractivity (Wildman–Crippen MR) is 70.6 cm³/mol. The van der Waals surface area contributed by atoms with Gasteiger partial charge in [-0.3, -0.25) is 4.79 Å². The zero-order valence-corrected chi connectivity index (χ0v) is 10.3. The van der Waals surface area contributed by atoms with Gasteiger partial charge in [0, 0.05) is 5.69 Å². The number of halogens is 1. The van der Waals surface area contributed by atoms with Crippen LogP contribution < -0.4 is 16.2 Å². The van der Waals surface area contributed by atoms with Crippen molar-refractivity contribution in [3.05, 3.63) is 53.3 Å². The van der Waals surface area contributed by atoms with Crippen LogP contribution in [0.5, 0.6) is 11.5 Å². The Morgan fingerprint density at radius 2 is 1.79 bits per heavy atom. The van der Waals surface area contributed by atoms with Crippen molar-refractivity contribution in [2.24, 2.45) is 5.73 Å². The first kappa shape index (κ1) is 12.9. The van der Waals surface area contributed by atoms with E-state index in [0.717, 1.165) is 0 Å². The standard InChI is InChI=1S/C14H13FN2O2/c1-8-6-9(2-4-12(8)15)19-10-3-5-13(16)11(7-10)14(17)18/h2-7H,16H2,1H3,(H2,17,18). The van der Waals surface area contributed by atoms with Gasteiger partial charge in [0.1, 0.15) is 17.3 Å². The molecule has 0 aliphatic carbocycles. The van der Waals surface area contributed by atoms with Gasteiger partial charge in [0.2, 0.25) is 0 Å². The van der Waals surface area contributed by atoms with Crippen molar-refractivity contribution in [3.63, 3.8) is 0 Å². The number of rotatable bonds is 3. The molecule has 19 heavy (non-hydrogen) atoms. The highest BCUT2D eigenvalue weighted by molar-refractivity contribution is 5.98. The van der Waals surface area contributed by atoms with Crippen molar-refractivity contribution < 1.29 is 13.9 Å². The third-order valence-corrected chi connectivity index (χ3v) is 2.66. The molecule has 0 saturated heterocycles. The van der Waals surface area contributed by atoms with Crippen molar-refractivity contribution in [1.82, 2.24) is 0 Å². The molecule has 0 atom stereocenters. The van der Waals surface area contributed by atoms with Crippen LogP contribution in [0.1, 0.15) is 15.9 Å². The second kappa shape index (κ2) is 4.97. The molecular formula is C14H13FN2O2. The fraction of sp³-hybridized carbons (Fsp3) is 0.0714. The minimum atomic E-state index is -0.627. The Balaban J connectivity index is 2.30. The van der Waals surface area contributed by atoms with Gasteiger partial charge in [-0.1, -0.05) is 0 Å². The van der Waals surface area contributed by atoms with Crippen LogP contribution in [0.25, 0.3) is 0 Å². The largest absolute Gasteiger partial charge is 0.457 e. The maximum absolute atomic E-state index is 13.1. The fourth-order valence-electron chi connectivity index (χ4n) is 1.63. The molecule has 1 amide bonds. The second-order valence-corrected chi connectivity index (χ2v) is 4.13. The number of ether oxygens (including phenoxy) is 1. The number of anilines is 1. The highest BCUT2D eigenvalue weighted by Crippen LogP contribution is 2.26. The summed E-state index contributed by atoms with van der Waals surface area (Å²) in [6.07, 6.45) is 0. The number of benzene rings is 2. The Morgan fingerprint density at radius 3 is 2.42 bits per heavy atom. The van der Waals surface area contributed by atoms with Gasteiger partial charge in [-0.05, 0) is 48.9 Å². The van der Waals surface area contributed by atoms with Crippen molar-refractivity contribution in [3.8, 4) is 11.5 Å². The molecule has 2 aromatic rings. The first-order valence-corrected chi connectivity index (χ1v) is 5.60. The number of amides is 1. The fourth-order valence-corrected chi connectivity index (χ4v) is 1.63. The number of carbonyl (C=O) groups excluding carboxylic acids is 1. The number of primary amides is 1. The molecule has 0 unspecified atom stereocenters. The van der Waals surface area contributed by atoms with Gasteiger partial charge in [-0.25, -0.2) is 4.39 Å². The summed E-state index contributed by atoms with van der Waals surface area (Å²) in [5.74, 6) is -0.0474. The molecule has 0 aliphatic heterocycles. The Labute approximate surface area is 109 Å². The van der Waals surface area contributed by atoms with E-state index < -0.39 is 5.91 Å². The van der Waals surface area contributed by atoms with Gasteiger partial charge in [-0.15, -0.1) is 0 Å². The van der Waals surface area contributed by atoms with E-state index in [1.54, 1.807) is 19.1 Å². The summed E-state index contributed by atoms with van der Waals surface area (Å²) in [5.41, 5.74) is 11.8. The monoisotopic (exact) mass is 260 g/mol. The molecule has 0 bridgehead atoms. The molecular weight excluding hydrogens is 247 g/mol. The summed E-state index contributed by atoms with van der Waals surface area (Å²) < 4.78 is 18.7. The van der Waals surface area contributed by atoms with Crippen LogP contribution in [-0.4, -0.2) is 5.91 Å². The van der Waals surface area contributed by atoms with Crippen LogP contribution in [-0.2, 0) is 0 Å². The van der Waals surface area contributed by atoms with E-state index in [4.69, 9.17) is 16.2 Å². The Kier molecular flexibility index (Phi) is 3.37. The third-order valence-electron chi connectivity index (χ3n) is 2.66. The number of hydrogen-bond donors (Lipinski definition) is 2. The summed E-state index contributed by atoms with van der Waals surface area (Å²) >= 11 is 0. The quantitative estimate of drug-likeness (QED) is 0.832. The molecule has 0 fully saturated rings. The van der Waals surface area contributed by atoms with E-state index in [1.807, 2.05) is 0 Å². The molecule has 2 rings (SSSR count). The van der Waals surface area contributed by atoms with Gasteiger partial charge < -0.3 is 16.2 Å². The molecule has 4 nitrogen and oxygen atoms in total. The zero-order chi connectivity index (χ0) is 14.0. The summed E-state index contributed by atoms with van der Waals surface area (Å²) in [4.78, 5) is 11.2. The maximum Gasteiger partial charge on any atom is 0.250 e. The molecule has 0 aromatic heterocycles. The first-order valence-electron chi connectivity index (χ1n) is 5.60. The van der Waals surface area contributed by atoms with Crippen molar-refractivity contribution in [2.45, 2.75) is 6.92 Å². The summed E-state index contributed by atoms with van der Waals surface area (Å²) in [7, 11) is 0. The van der Waals surface area contributed by atoms with Crippen LogP contribution >= 0.6 is 0 Å². The number of nitrogen functional groups attached to an aromatic ring is 1. The Morgan fingerprint density at radius 1 is 1.16 bits per heavy atom. The number of nitrogens with two attached hydrogens (primary N) is 2. The molecule has 2 aromatic carbocycles. The normalized spacial score (nSPS) is 10.2. The lowest BCUT2D eigenvalue weighted by atomic mass is 10.1. The lowest BCUT2D eigenvalue weighted by Gasteiger charge is -2.09. The molecule has 0 spiro atoms. The average Bonchev–Trinajstić information content (AvgIpc) is 2.36. The van der Waals surface area contributed by atoms with Gasteiger partial charge in [0.15, 0.2) is 0 Å². The zero-order valence-electron chi connectivity index (χ0n) is 10.3. The molecule has 4 N–H and O–H groups in total. The van der Waals surface area contributed by atoms with Gasteiger partial charge in [-0.2, -0.15) is 0 Å². The first-order chi connectivity index (χ1) is 8.97. The van der Waals surface area contributed by atoms with Gasteiger partial charge >= 0.3 is 0 Å². The van der Waals surface area contributed by atoms with E-state index in [-0.39, 0.29) is 17.1 Å². The van der Waals surface area contributed by atoms with Crippen LogP contribution in [0, 0.1) is 12.7 Å². The summed E-state index contributed by atoms with van der Waals surface area (Å²) in [5, 5.41) is 0. The Hall–Kier alpha value is -2.56. The van der Waals surface area contributed by atoms with E-state index in [0.29, 0.717) is 17.1 Å². The minimum Gasteiger partial charge on any atom is -0.457 e. The minimum absolute atomic E-state index is 0.191. The highest BCUT2D eigenvalue weighted by Gasteiger charge is 2.08. The molecule has 0 aliphatic rings. The van der Waals surface area contributed by atoms with E-state index in [9.17, 15) is 9.18 Å². The number of hydrogen-bond acceptors (Lipinski definition) is 3. The van der Waals surface area contributed by atoms with Crippen LogP contribution in [0.4, 0.5) is 10.1 Å². The predicted octanol–water partition coefficient (Wildman–Crippen LogP) is 2.61. The van der Waals surface area contributed by atoms with E-state index in [2.05, 4.69) is 0 Å². The van der Waals surface area contributed by atoms with Crippen LogP contribution in [0.2, 0.25) is 0 Å². The highest BCUT2D eigenvalue weighted by atomic mass is 19.1. The van der Waals surface area contributed by atoms with E-state index >= 15 is 0 Å². The van der Waals surface area contributed by atoms with Gasteiger partial charge in [0.25, 0.3) is 5.91 Å². The molecule has 0 heterocycles. The van der Waals surface area contributed by atoms with Crippen LogP contribution in [0.15, 0.2) is 36.4 Å². The molecule has 0 saturated carbocycles. The number of aryl methyl sites for hydroxylation is 1. The number of carbonyl (C=O) groups is 1. The molecule has 0 radical (unpaired) electrons. The summed E-state index contributed by atoms with van der Waals surface area (Å²) in [6.45, 7) is 1.64. The molecule has 98 valence electrons. The average molecular weight is 260 g/mol. The molecule has 5 heteroatoms. The van der Waals surface area contributed by atoms with Crippen molar-refractivity contribution in [1.29, 1.82) is 0 Å². The van der Waals surface area contributed by atoms with E-state index in [1.165, 1.54) is 24.3 Å². The van der Waals surface area contributed by atoms with Gasteiger partial charge in [0.05, 0.1) is 5.56 Å². The maximum atomic E-state index is 13.1. The Bertz CT molecular complexity index is 641. The van der Waals surface area contributed by atoms with Crippen molar-refractivity contribution in [2.75, 3.05) is 5.73 Å². The smallest absolute Gasteiger partial charge is 0.250 e. The summed E-state index contributed by atoms with van der Waals surface area (Å²) in [6, 6.07) is 8.98. The topological polar surface area (TPSA) is 78.3 Å².